The molecule has 0 saturated carbocycles. The Kier molecular flexibility index (Phi) is 5.82. The van der Waals surface area contributed by atoms with Crippen LogP contribution in [0.25, 0.3) is 22.6 Å². The summed E-state index contributed by atoms with van der Waals surface area (Å²) < 4.78 is 20.8. The molecule has 1 heterocycles. The van der Waals surface area contributed by atoms with Gasteiger partial charge in [-0.15, -0.1) is 0 Å². The van der Waals surface area contributed by atoms with E-state index in [1.54, 1.807) is 24.3 Å². The van der Waals surface area contributed by atoms with Gasteiger partial charge in [-0.2, -0.15) is 0 Å². The van der Waals surface area contributed by atoms with Crippen molar-refractivity contribution in [1.29, 1.82) is 0 Å². The summed E-state index contributed by atoms with van der Waals surface area (Å²) in [6.07, 6.45) is 0. The average molecular weight is 411 g/mol. The molecule has 0 bridgehead atoms. The lowest BCUT2D eigenvalue weighted by Gasteiger charge is -2.05. The number of rotatable bonds is 6. The molecule has 2 aromatic carbocycles. The maximum Gasteiger partial charge on any atom is 0.342 e. The molecule has 3 aromatic rings. The Morgan fingerprint density at radius 1 is 0.800 bits per heavy atom. The van der Waals surface area contributed by atoms with Gasteiger partial charge in [-0.05, 0) is 36.4 Å². The number of nitrogens with zero attached hydrogens (tertiary/aromatic N) is 1. The summed E-state index contributed by atoms with van der Waals surface area (Å²) in [6.45, 7) is 0. The van der Waals surface area contributed by atoms with Crippen LogP contribution in [0.2, 0.25) is 0 Å². The van der Waals surface area contributed by atoms with Crippen molar-refractivity contribution in [3.8, 4) is 28.4 Å². The molecule has 0 fully saturated rings. The number of carbonyl (C=O) groups is 2. The molecule has 0 atom stereocenters. The van der Waals surface area contributed by atoms with Crippen LogP contribution in [0.5, 0.6) is 5.75 Å². The molecule has 0 spiro atoms. The number of esters is 2. The largest absolute Gasteiger partial charge is 0.497 e. The van der Waals surface area contributed by atoms with Crippen LogP contribution < -0.4 is 4.74 Å². The van der Waals surface area contributed by atoms with Crippen molar-refractivity contribution in [1.82, 2.24) is 0 Å². The van der Waals surface area contributed by atoms with Gasteiger partial charge in [-0.1, -0.05) is 0 Å². The number of nitro benzene ring substituents is 1. The van der Waals surface area contributed by atoms with E-state index in [0.717, 1.165) is 0 Å². The van der Waals surface area contributed by atoms with E-state index >= 15 is 0 Å². The fraction of sp³-hybridized carbons (Fsp3) is 0.143. The number of benzene rings is 2. The van der Waals surface area contributed by atoms with Gasteiger partial charge in [0.1, 0.15) is 28.4 Å². The Bertz CT molecular complexity index is 1100. The summed E-state index contributed by atoms with van der Waals surface area (Å²) >= 11 is 0. The molecule has 0 unspecified atom stereocenters. The highest BCUT2D eigenvalue weighted by atomic mass is 16.6. The lowest BCUT2D eigenvalue weighted by atomic mass is 10.0. The Morgan fingerprint density at radius 2 is 1.23 bits per heavy atom. The zero-order chi connectivity index (χ0) is 21.8. The van der Waals surface area contributed by atoms with Crippen LogP contribution in [0.15, 0.2) is 52.9 Å². The fourth-order valence-electron chi connectivity index (χ4n) is 2.91. The first-order valence-corrected chi connectivity index (χ1v) is 8.64. The van der Waals surface area contributed by atoms with E-state index in [0.29, 0.717) is 16.9 Å². The van der Waals surface area contributed by atoms with Gasteiger partial charge in [0.05, 0.1) is 26.3 Å². The second-order valence-electron chi connectivity index (χ2n) is 6.03. The van der Waals surface area contributed by atoms with E-state index in [-0.39, 0.29) is 28.3 Å². The molecular weight excluding hydrogens is 394 g/mol. The third-order valence-corrected chi connectivity index (χ3v) is 4.38. The number of non-ortho nitro benzene ring substituents is 1. The molecule has 0 N–H and O–H groups in total. The summed E-state index contributed by atoms with van der Waals surface area (Å²) in [4.78, 5) is 35.5. The molecule has 0 aliphatic carbocycles. The first-order chi connectivity index (χ1) is 14.4. The number of ether oxygens (including phenoxy) is 3. The molecule has 0 aliphatic heterocycles. The second-order valence-corrected chi connectivity index (χ2v) is 6.03. The minimum absolute atomic E-state index is 0.0305. The standard InChI is InChI=1S/C21H17NO8/c1-27-15-10-6-13(7-11-15)19-17(21(24)29-3)16(20(23)28-2)18(30-19)12-4-8-14(9-5-12)22(25)26/h4-11H,1-3H3. The minimum Gasteiger partial charge on any atom is -0.497 e. The topological polar surface area (TPSA) is 118 Å². The third-order valence-electron chi connectivity index (χ3n) is 4.38. The predicted octanol–water partition coefficient (Wildman–Crippen LogP) is 4.10. The number of furan rings is 1. The van der Waals surface area contributed by atoms with Crippen molar-refractivity contribution >= 4 is 17.6 Å². The zero-order valence-corrected chi connectivity index (χ0v) is 16.3. The molecule has 0 amide bonds. The maximum atomic E-state index is 12.6. The third kappa shape index (κ3) is 3.72. The van der Waals surface area contributed by atoms with E-state index < -0.39 is 16.9 Å². The van der Waals surface area contributed by atoms with Crippen LogP contribution in [-0.4, -0.2) is 38.2 Å². The smallest absolute Gasteiger partial charge is 0.342 e. The van der Waals surface area contributed by atoms with E-state index in [4.69, 9.17) is 18.6 Å². The van der Waals surface area contributed by atoms with Crippen molar-refractivity contribution < 1.29 is 33.1 Å². The highest BCUT2D eigenvalue weighted by Gasteiger charge is 2.33. The lowest BCUT2D eigenvalue weighted by Crippen LogP contribution is -2.11. The number of carbonyl (C=O) groups excluding carboxylic acids is 2. The number of hydrogen-bond donors (Lipinski definition) is 0. The van der Waals surface area contributed by atoms with Crippen LogP contribution in [0, 0.1) is 10.1 Å². The van der Waals surface area contributed by atoms with Crippen molar-refractivity contribution in [2.45, 2.75) is 0 Å². The Balaban J connectivity index is 2.27. The van der Waals surface area contributed by atoms with Gasteiger partial charge in [0.15, 0.2) is 0 Å². The van der Waals surface area contributed by atoms with Gasteiger partial charge in [0.25, 0.3) is 5.69 Å². The van der Waals surface area contributed by atoms with E-state index in [2.05, 4.69) is 0 Å². The van der Waals surface area contributed by atoms with Gasteiger partial charge in [0, 0.05) is 23.3 Å². The number of hydrogen-bond acceptors (Lipinski definition) is 8. The monoisotopic (exact) mass is 411 g/mol. The predicted molar refractivity (Wildman–Crippen MR) is 105 cm³/mol. The van der Waals surface area contributed by atoms with E-state index in [9.17, 15) is 19.7 Å². The van der Waals surface area contributed by atoms with Gasteiger partial charge < -0.3 is 18.6 Å². The highest BCUT2D eigenvalue weighted by molar-refractivity contribution is 6.10. The van der Waals surface area contributed by atoms with Gasteiger partial charge in [0.2, 0.25) is 0 Å². The molecule has 30 heavy (non-hydrogen) atoms. The molecule has 1 aromatic heterocycles. The Morgan fingerprint density at radius 3 is 1.60 bits per heavy atom. The first kappa shape index (κ1) is 20.6. The maximum absolute atomic E-state index is 12.6. The van der Waals surface area contributed by atoms with Crippen LogP contribution in [0.1, 0.15) is 20.7 Å². The summed E-state index contributed by atoms with van der Waals surface area (Å²) in [6, 6.07) is 12.0. The SMILES string of the molecule is COC(=O)c1c(-c2ccc(OC)cc2)oc(-c2ccc([N+](=O)[O-])cc2)c1C(=O)OC. The normalized spacial score (nSPS) is 10.4. The van der Waals surface area contributed by atoms with Gasteiger partial charge in [-0.3, -0.25) is 10.1 Å². The number of nitro groups is 1. The Labute approximate surface area is 170 Å². The van der Waals surface area contributed by atoms with Crippen LogP contribution in [0.4, 0.5) is 5.69 Å². The molecule has 3 rings (SSSR count). The quantitative estimate of drug-likeness (QED) is 0.338. The van der Waals surface area contributed by atoms with Gasteiger partial charge in [-0.25, -0.2) is 9.59 Å². The fourth-order valence-corrected chi connectivity index (χ4v) is 2.91. The summed E-state index contributed by atoms with van der Waals surface area (Å²) in [5, 5.41) is 10.9. The summed E-state index contributed by atoms with van der Waals surface area (Å²) in [5.41, 5.74) is 0.473. The molecule has 0 radical (unpaired) electrons. The van der Waals surface area contributed by atoms with Crippen molar-refractivity contribution in [2.75, 3.05) is 21.3 Å². The molecule has 9 nitrogen and oxygen atoms in total. The van der Waals surface area contributed by atoms with Crippen LogP contribution in [0.3, 0.4) is 0 Å². The highest BCUT2D eigenvalue weighted by Crippen LogP contribution is 2.39. The second kappa shape index (κ2) is 8.48. The Hall–Kier alpha value is -4.14. The average Bonchev–Trinajstić information content (AvgIpc) is 3.18. The molecular formula is C21H17NO8. The van der Waals surface area contributed by atoms with Crippen LogP contribution in [-0.2, 0) is 9.47 Å². The van der Waals surface area contributed by atoms with Crippen molar-refractivity contribution in [2.24, 2.45) is 0 Å². The molecule has 0 aliphatic rings. The first-order valence-electron chi connectivity index (χ1n) is 8.64. The lowest BCUT2D eigenvalue weighted by molar-refractivity contribution is -0.384. The molecule has 154 valence electrons. The van der Waals surface area contributed by atoms with E-state index in [1.807, 2.05) is 0 Å². The zero-order valence-electron chi connectivity index (χ0n) is 16.3. The van der Waals surface area contributed by atoms with Gasteiger partial charge >= 0.3 is 11.9 Å². The molecule has 0 saturated heterocycles. The van der Waals surface area contributed by atoms with Crippen molar-refractivity contribution in [3.05, 3.63) is 69.8 Å². The molecule has 9 heteroatoms. The van der Waals surface area contributed by atoms with Crippen LogP contribution >= 0.6 is 0 Å². The number of methoxy groups -OCH3 is 3. The summed E-state index contributed by atoms with van der Waals surface area (Å²) in [7, 11) is 3.87. The summed E-state index contributed by atoms with van der Waals surface area (Å²) in [5.74, 6) is -0.889. The minimum atomic E-state index is -0.813. The van der Waals surface area contributed by atoms with E-state index in [1.165, 1.54) is 45.6 Å². The van der Waals surface area contributed by atoms with Crippen molar-refractivity contribution in [3.63, 3.8) is 0 Å².